The molecular formula is C29H29N3O4. The Balaban J connectivity index is 1.28. The first-order valence-electron chi connectivity index (χ1n) is 12.2. The van der Waals surface area contributed by atoms with Crippen LogP contribution in [0.4, 0.5) is 5.69 Å². The van der Waals surface area contributed by atoms with Gasteiger partial charge < -0.3 is 19.4 Å². The van der Waals surface area contributed by atoms with Gasteiger partial charge in [-0.3, -0.25) is 9.59 Å². The molecule has 0 bridgehead atoms. The van der Waals surface area contributed by atoms with E-state index in [0.717, 1.165) is 42.7 Å². The lowest BCUT2D eigenvalue weighted by atomic mass is 9.89. The summed E-state index contributed by atoms with van der Waals surface area (Å²) in [5.74, 6) is 2.13. The summed E-state index contributed by atoms with van der Waals surface area (Å²) in [6.45, 7) is 1.83. The summed E-state index contributed by atoms with van der Waals surface area (Å²) in [6.07, 6.45) is 2.58. The summed E-state index contributed by atoms with van der Waals surface area (Å²) in [4.78, 5) is 35.3. The summed E-state index contributed by atoms with van der Waals surface area (Å²) < 4.78 is 10.7. The Morgan fingerprint density at radius 2 is 1.72 bits per heavy atom. The number of aromatic amines is 1. The van der Waals surface area contributed by atoms with Crippen LogP contribution < -0.4 is 19.9 Å². The van der Waals surface area contributed by atoms with Crippen molar-refractivity contribution < 1.29 is 14.3 Å². The summed E-state index contributed by atoms with van der Waals surface area (Å²) in [7, 11) is 3.08. The SMILES string of the molecule is COc1cc(OC)c2c(=O)[nH]c(-c3ccc(N4CCC(CC(=O)c5ccccc5)CC4)cc3)nc2c1. The topological polar surface area (TPSA) is 84.5 Å². The molecule has 3 aromatic carbocycles. The predicted molar refractivity (Wildman–Crippen MR) is 141 cm³/mol. The number of anilines is 1. The number of carbonyl (C=O) groups excluding carboxylic acids is 1. The van der Waals surface area contributed by atoms with Crippen molar-refractivity contribution in [2.45, 2.75) is 19.3 Å². The van der Waals surface area contributed by atoms with Gasteiger partial charge in [0.15, 0.2) is 5.78 Å². The monoisotopic (exact) mass is 483 g/mol. The smallest absolute Gasteiger partial charge is 0.262 e. The van der Waals surface area contributed by atoms with Crippen LogP contribution in [0.25, 0.3) is 22.3 Å². The average molecular weight is 484 g/mol. The van der Waals surface area contributed by atoms with Gasteiger partial charge in [0.2, 0.25) is 0 Å². The molecule has 1 fully saturated rings. The summed E-state index contributed by atoms with van der Waals surface area (Å²) in [5.41, 5.74) is 3.00. The van der Waals surface area contributed by atoms with Crippen molar-refractivity contribution in [1.82, 2.24) is 9.97 Å². The van der Waals surface area contributed by atoms with Gasteiger partial charge >= 0.3 is 0 Å². The van der Waals surface area contributed by atoms with E-state index in [9.17, 15) is 9.59 Å². The number of benzene rings is 3. The van der Waals surface area contributed by atoms with Crippen LogP contribution in [0.15, 0.2) is 71.5 Å². The van der Waals surface area contributed by atoms with Crippen molar-refractivity contribution in [1.29, 1.82) is 0 Å². The number of aromatic nitrogens is 2. The molecule has 1 N–H and O–H groups in total. The molecule has 1 aliphatic rings. The van der Waals surface area contributed by atoms with Crippen LogP contribution in [0, 0.1) is 5.92 Å². The zero-order valence-corrected chi connectivity index (χ0v) is 20.5. The van der Waals surface area contributed by atoms with Gasteiger partial charge in [0.1, 0.15) is 22.7 Å². The molecule has 0 spiro atoms. The number of H-pyrrole nitrogens is 1. The van der Waals surface area contributed by atoms with Gasteiger partial charge in [-0.2, -0.15) is 0 Å². The van der Waals surface area contributed by atoms with E-state index in [1.54, 1.807) is 19.2 Å². The van der Waals surface area contributed by atoms with E-state index in [4.69, 9.17) is 9.47 Å². The first kappa shape index (κ1) is 23.6. The number of nitrogens with one attached hydrogen (secondary N) is 1. The third kappa shape index (κ3) is 4.82. The highest BCUT2D eigenvalue weighted by Gasteiger charge is 2.22. The second-order valence-electron chi connectivity index (χ2n) is 9.11. The number of fused-ring (bicyclic) bond motifs is 1. The number of Topliss-reactive ketones (excluding diaryl/α,β-unsaturated/α-hetero) is 1. The first-order valence-corrected chi connectivity index (χ1v) is 12.2. The van der Waals surface area contributed by atoms with Crippen LogP contribution >= 0.6 is 0 Å². The Labute approximate surface area is 209 Å². The molecule has 0 aliphatic carbocycles. The van der Waals surface area contributed by atoms with Crippen LogP contribution in [0.2, 0.25) is 0 Å². The van der Waals surface area contributed by atoms with Crippen molar-refractivity contribution in [2.24, 2.45) is 5.92 Å². The number of nitrogens with zero attached hydrogens (tertiary/aromatic N) is 2. The number of hydrogen-bond donors (Lipinski definition) is 1. The number of rotatable bonds is 7. The minimum atomic E-state index is -0.259. The Hall–Kier alpha value is -4.13. The highest BCUT2D eigenvalue weighted by molar-refractivity contribution is 5.96. The molecule has 0 radical (unpaired) electrons. The Morgan fingerprint density at radius 1 is 1.00 bits per heavy atom. The minimum Gasteiger partial charge on any atom is -0.497 e. The van der Waals surface area contributed by atoms with Gasteiger partial charge in [0.05, 0.1) is 19.7 Å². The first-order chi connectivity index (χ1) is 17.6. The predicted octanol–water partition coefficient (Wildman–Crippen LogP) is 5.10. The molecule has 36 heavy (non-hydrogen) atoms. The van der Waals surface area contributed by atoms with Gasteiger partial charge in [-0.1, -0.05) is 30.3 Å². The van der Waals surface area contributed by atoms with Crippen molar-refractivity contribution in [3.05, 3.63) is 82.6 Å². The van der Waals surface area contributed by atoms with Gasteiger partial charge in [-0.15, -0.1) is 0 Å². The highest BCUT2D eigenvalue weighted by atomic mass is 16.5. The van der Waals surface area contributed by atoms with Crippen molar-refractivity contribution in [3.63, 3.8) is 0 Å². The maximum absolute atomic E-state index is 12.8. The maximum atomic E-state index is 12.8. The normalized spacial score (nSPS) is 14.1. The molecule has 5 rings (SSSR count). The quantitative estimate of drug-likeness (QED) is 0.368. The molecule has 0 saturated carbocycles. The van der Waals surface area contributed by atoms with Crippen LogP contribution in [-0.4, -0.2) is 43.1 Å². The van der Waals surface area contributed by atoms with Crippen molar-refractivity contribution >= 4 is 22.4 Å². The van der Waals surface area contributed by atoms with Crippen LogP contribution in [-0.2, 0) is 0 Å². The summed E-state index contributed by atoms with van der Waals surface area (Å²) in [5, 5.41) is 0.396. The zero-order valence-electron chi connectivity index (χ0n) is 20.5. The fraction of sp³-hybridized carbons (Fsp3) is 0.276. The Kier molecular flexibility index (Phi) is 6.71. The van der Waals surface area contributed by atoms with E-state index in [-0.39, 0.29) is 11.3 Å². The molecule has 4 aromatic rings. The molecule has 0 unspecified atom stereocenters. The highest BCUT2D eigenvalue weighted by Crippen LogP contribution is 2.30. The van der Waals surface area contributed by atoms with Gasteiger partial charge in [-0.25, -0.2) is 4.98 Å². The van der Waals surface area contributed by atoms with Crippen molar-refractivity contribution in [3.8, 4) is 22.9 Å². The largest absolute Gasteiger partial charge is 0.497 e. The molecular weight excluding hydrogens is 454 g/mol. The molecule has 184 valence electrons. The second kappa shape index (κ2) is 10.2. The van der Waals surface area contributed by atoms with Gasteiger partial charge in [0.25, 0.3) is 5.56 Å². The van der Waals surface area contributed by atoms with Gasteiger partial charge in [-0.05, 0) is 43.0 Å². The van der Waals surface area contributed by atoms with E-state index in [2.05, 4.69) is 27.0 Å². The molecule has 7 heteroatoms. The number of hydrogen-bond acceptors (Lipinski definition) is 6. The summed E-state index contributed by atoms with van der Waals surface area (Å²) >= 11 is 0. The van der Waals surface area contributed by atoms with E-state index < -0.39 is 0 Å². The van der Waals surface area contributed by atoms with Crippen LogP contribution in [0.5, 0.6) is 11.5 Å². The number of carbonyl (C=O) groups is 1. The third-order valence-corrected chi connectivity index (χ3v) is 6.89. The summed E-state index contributed by atoms with van der Waals surface area (Å²) in [6, 6.07) is 21.0. The number of piperidine rings is 1. The average Bonchev–Trinajstić information content (AvgIpc) is 2.93. The zero-order chi connectivity index (χ0) is 25.1. The lowest BCUT2D eigenvalue weighted by Crippen LogP contribution is -2.34. The molecule has 0 atom stereocenters. The second-order valence-corrected chi connectivity index (χ2v) is 9.11. The van der Waals surface area contributed by atoms with Gasteiger partial charge in [0, 0.05) is 48.5 Å². The van der Waals surface area contributed by atoms with E-state index in [0.29, 0.717) is 40.6 Å². The molecule has 0 amide bonds. The molecule has 1 saturated heterocycles. The van der Waals surface area contributed by atoms with Crippen LogP contribution in [0.3, 0.4) is 0 Å². The molecule has 1 aliphatic heterocycles. The van der Waals surface area contributed by atoms with E-state index >= 15 is 0 Å². The van der Waals surface area contributed by atoms with E-state index in [1.807, 2.05) is 42.5 Å². The Bertz CT molecular complexity index is 1420. The lowest BCUT2D eigenvalue weighted by molar-refractivity contribution is 0.0954. The van der Waals surface area contributed by atoms with Crippen molar-refractivity contribution in [2.75, 3.05) is 32.2 Å². The molecule has 1 aromatic heterocycles. The maximum Gasteiger partial charge on any atom is 0.262 e. The molecule has 7 nitrogen and oxygen atoms in total. The number of methoxy groups -OCH3 is 2. The van der Waals surface area contributed by atoms with Crippen LogP contribution in [0.1, 0.15) is 29.6 Å². The standard InChI is InChI=1S/C29H29N3O4/c1-35-23-17-24-27(26(18-23)36-2)29(34)31-28(30-24)21-8-10-22(11-9-21)32-14-12-19(13-15-32)16-25(33)20-6-4-3-5-7-20/h3-11,17-19H,12-16H2,1-2H3,(H,30,31,34). The Morgan fingerprint density at radius 3 is 2.39 bits per heavy atom. The van der Waals surface area contributed by atoms with E-state index in [1.165, 1.54) is 7.11 Å². The minimum absolute atomic E-state index is 0.227. The molecule has 2 heterocycles. The fourth-order valence-corrected chi connectivity index (χ4v) is 4.86. The lowest BCUT2D eigenvalue weighted by Gasteiger charge is -2.33. The number of ketones is 1. The fourth-order valence-electron chi connectivity index (χ4n) is 4.86. The third-order valence-electron chi connectivity index (χ3n) is 6.89. The number of ether oxygens (including phenoxy) is 2.